The molecule has 0 atom stereocenters. The molecule has 0 saturated heterocycles. The Balaban J connectivity index is 2.92. The van der Waals surface area contributed by atoms with Gasteiger partial charge in [0.15, 0.2) is 0 Å². The van der Waals surface area contributed by atoms with Crippen LogP contribution in [-0.2, 0) is 6.54 Å². The van der Waals surface area contributed by atoms with Gasteiger partial charge in [0.2, 0.25) is 0 Å². The van der Waals surface area contributed by atoms with Crippen molar-refractivity contribution in [2.24, 2.45) is 5.92 Å². The van der Waals surface area contributed by atoms with Gasteiger partial charge in [0.05, 0.1) is 11.9 Å². The lowest BCUT2D eigenvalue weighted by Crippen LogP contribution is -2.24. The molecule has 0 aliphatic rings. The minimum Gasteiger partial charge on any atom is -0.382 e. The molecular formula is C10H16BrN3O. The van der Waals surface area contributed by atoms with Gasteiger partial charge >= 0.3 is 0 Å². The topological polar surface area (TPSA) is 46.9 Å². The fourth-order valence-electron chi connectivity index (χ4n) is 1.13. The quantitative estimate of drug-likeness (QED) is 0.914. The zero-order chi connectivity index (χ0) is 11.4. The van der Waals surface area contributed by atoms with Crippen LogP contribution in [0, 0.1) is 5.92 Å². The summed E-state index contributed by atoms with van der Waals surface area (Å²) in [5.41, 5.74) is 0.671. The number of hydrogen-bond donors (Lipinski definition) is 1. The molecule has 0 bridgehead atoms. The third-order valence-corrected chi connectivity index (χ3v) is 2.75. The number of rotatable bonds is 4. The molecule has 0 spiro atoms. The molecule has 4 nitrogen and oxygen atoms in total. The van der Waals surface area contributed by atoms with Crippen molar-refractivity contribution in [1.29, 1.82) is 0 Å². The monoisotopic (exact) mass is 273 g/mol. The van der Waals surface area contributed by atoms with Crippen LogP contribution in [0.1, 0.15) is 20.8 Å². The van der Waals surface area contributed by atoms with Crippen molar-refractivity contribution in [2.75, 3.05) is 11.9 Å². The molecule has 0 unspecified atom stereocenters. The number of aryl methyl sites for hydroxylation is 1. The number of nitrogens with one attached hydrogen (secondary N) is 1. The SMILES string of the molecule is CCn1ncc(NCC(C)C)c(Br)c1=O. The van der Waals surface area contributed by atoms with Crippen molar-refractivity contribution >= 4 is 21.6 Å². The molecule has 0 radical (unpaired) electrons. The van der Waals surface area contributed by atoms with Gasteiger partial charge in [-0.15, -0.1) is 0 Å². The Morgan fingerprint density at radius 1 is 1.60 bits per heavy atom. The molecule has 1 heterocycles. The van der Waals surface area contributed by atoms with E-state index in [0.717, 1.165) is 12.2 Å². The molecule has 1 aromatic heterocycles. The zero-order valence-corrected chi connectivity index (χ0v) is 10.8. The largest absolute Gasteiger partial charge is 0.382 e. The summed E-state index contributed by atoms with van der Waals surface area (Å²) in [5.74, 6) is 0.533. The van der Waals surface area contributed by atoms with E-state index in [0.29, 0.717) is 16.9 Å². The van der Waals surface area contributed by atoms with Crippen LogP contribution in [0.25, 0.3) is 0 Å². The van der Waals surface area contributed by atoms with E-state index in [1.165, 1.54) is 4.68 Å². The van der Waals surface area contributed by atoms with Crippen LogP contribution in [0.15, 0.2) is 15.5 Å². The van der Waals surface area contributed by atoms with Gasteiger partial charge in [0.1, 0.15) is 4.47 Å². The van der Waals surface area contributed by atoms with E-state index in [-0.39, 0.29) is 5.56 Å². The van der Waals surface area contributed by atoms with Crippen molar-refractivity contribution in [3.05, 3.63) is 21.0 Å². The second-order valence-electron chi connectivity index (χ2n) is 3.77. The van der Waals surface area contributed by atoms with Crippen LogP contribution in [0.2, 0.25) is 0 Å². The molecule has 1 aromatic rings. The maximum Gasteiger partial charge on any atom is 0.283 e. The highest BCUT2D eigenvalue weighted by molar-refractivity contribution is 9.10. The van der Waals surface area contributed by atoms with Crippen LogP contribution >= 0.6 is 15.9 Å². The van der Waals surface area contributed by atoms with Crippen LogP contribution in [-0.4, -0.2) is 16.3 Å². The first-order valence-corrected chi connectivity index (χ1v) is 5.85. The van der Waals surface area contributed by atoms with E-state index in [9.17, 15) is 4.79 Å². The van der Waals surface area contributed by atoms with E-state index in [4.69, 9.17) is 0 Å². The third kappa shape index (κ3) is 3.06. The van der Waals surface area contributed by atoms with E-state index >= 15 is 0 Å². The standard InChI is InChI=1S/C10H16BrN3O/c1-4-14-10(15)9(11)8(6-13-14)12-5-7(2)3/h6-7,12H,4-5H2,1-3H3. The van der Waals surface area contributed by atoms with Gasteiger partial charge in [-0.25, -0.2) is 4.68 Å². The number of nitrogens with zero attached hydrogens (tertiary/aromatic N) is 2. The average Bonchev–Trinajstić information content (AvgIpc) is 2.20. The minimum absolute atomic E-state index is 0.0914. The Bertz CT molecular complexity index is 387. The predicted octanol–water partition coefficient (Wildman–Crippen LogP) is 2.09. The summed E-state index contributed by atoms with van der Waals surface area (Å²) in [5, 5.41) is 7.23. The maximum atomic E-state index is 11.7. The fraction of sp³-hybridized carbons (Fsp3) is 0.600. The van der Waals surface area contributed by atoms with E-state index < -0.39 is 0 Å². The molecule has 84 valence electrons. The Labute approximate surface area is 97.8 Å². The predicted molar refractivity (Wildman–Crippen MR) is 65.2 cm³/mol. The molecule has 15 heavy (non-hydrogen) atoms. The normalized spacial score (nSPS) is 10.7. The van der Waals surface area contributed by atoms with E-state index in [1.54, 1.807) is 6.20 Å². The highest BCUT2D eigenvalue weighted by Crippen LogP contribution is 2.16. The Morgan fingerprint density at radius 3 is 2.80 bits per heavy atom. The van der Waals surface area contributed by atoms with E-state index in [2.05, 4.69) is 40.2 Å². The van der Waals surface area contributed by atoms with Gasteiger partial charge in [0.25, 0.3) is 5.56 Å². The number of anilines is 1. The molecule has 0 aromatic carbocycles. The highest BCUT2D eigenvalue weighted by atomic mass is 79.9. The molecule has 0 amide bonds. The van der Waals surface area contributed by atoms with Crippen LogP contribution in [0.5, 0.6) is 0 Å². The zero-order valence-electron chi connectivity index (χ0n) is 9.25. The average molecular weight is 274 g/mol. The summed E-state index contributed by atoms with van der Waals surface area (Å²) in [7, 11) is 0. The molecule has 1 rings (SSSR count). The Kier molecular flexibility index (Phi) is 4.32. The van der Waals surface area contributed by atoms with Gasteiger partial charge in [-0.1, -0.05) is 13.8 Å². The second-order valence-corrected chi connectivity index (χ2v) is 4.56. The smallest absolute Gasteiger partial charge is 0.283 e. The summed E-state index contributed by atoms with van der Waals surface area (Å²) in [6.45, 7) is 7.53. The van der Waals surface area contributed by atoms with Crippen LogP contribution in [0.3, 0.4) is 0 Å². The minimum atomic E-state index is -0.0914. The van der Waals surface area contributed by atoms with Gasteiger partial charge in [-0.05, 0) is 28.8 Å². The van der Waals surface area contributed by atoms with Crippen molar-refractivity contribution in [3.8, 4) is 0 Å². The summed E-state index contributed by atoms with van der Waals surface area (Å²) < 4.78 is 1.98. The first kappa shape index (κ1) is 12.2. The molecule has 0 fully saturated rings. The lowest BCUT2D eigenvalue weighted by molar-refractivity contribution is 0.611. The summed E-state index contributed by atoms with van der Waals surface area (Å²) in [6.07, 6.45) is 1.68. The first-order chi connectivity index (χ1) is 7.06. The lowest BCUT2D eigenvalue weighted by Gasteiger charge is -2.10. The summed E-state index contributed by atoms with van der Waals surface area (Å²) in [6, 6.07) is 0. The Hall–Kier alpha value is -0.840. The maximum absolute atomic E-state index is 11.7. The van der Waals surface area contributed by atoms with Crippen LogP contribution in [0.4, 0.5) is 5.69 Å². The van der Waals surface area contributed by atoms with Crippen molar-refractivity contribution in [2.45, 2.75) is 27.3 Å². The lowest BCUT2D eigenvalue weighted by atomic mass is 10.2. The van der Waals surface area contributed by atoms with Crippen molar-refractivity contribution in [3.63, 3.8) is 0 Å². The summed E-state index contributed by atoms with van der Waals surface area (Å²) in [4.78, 5) is 11.7. The fourth-order valence-corrected chi connectivity index (χ4v) is 1.57. The van der Waals surface area contributed by atoms with Gasteiger partial charge in [0, 0.05) is 13.1 Å². The second kappa shape index (κ2) is 5.30. The van der Waals surface area contributed by atoms with Gasteiger partial charge in [-0.3, -0.25) is 4.79 Å². The van der Waals surface area contributed by atoms with Crippen molar-refractivity contribution < 1.29 is 0 Å². The third-order valence-electron chi connectivity index (χ3n) is 1.99. The number of halogens is 1. The molecular weight excluding hydrogens is 258 g/mol. The summed E-state index contributed by atoms with van der Waals surface area (Å²) >= 11 is 3.29. The number of hydrogen-bond acceptors (Lipinski definition) is 3. The molecule has 0 aliphatic carbocycles. The molecule has 5 heteroatoms. The van der Waals surface area contributed by atoms with Crippen molar-refractivity contribution in [1.82, 2.24) is 9.78 Å². The van der Waals surface area contributed by atoms with E-state index in [1.807, 2.05) is 6.92 Å². The molecule has 0 aliphatic heterocycles. The Morgan fingerprint density at radius 2 is 2.27 bits per heavy atom. The van der Waals surface area contributed by atoms with Gasteiger partial charge in [-0.2, -0.15) is 5.10 Å². The number of aromatic nitrogens is 2. The highest BCUT2D eigenvalue weighted by Gasteiger charge is 2.07. The van der Waals surface area contributed by atoms with Crippen LogP contribution < -0.4 is 10.9 Å². The molecule has 0 saturated carbocycles. The van der Waals surface area contributed by atoms with Gasteiger partial charge < -0.3 is 5.32 Å². The molecule has 1 N–H and O–H groups in total. The first-order valence-electron chi connectivity index (χ1n) is 5.05.